The molecular formula is C29H32FN3O6. The van der Waals surface area contributed by atoms with Gasteiger partial charge in [0.25, 0.3) is 5.91 Å². The van der Waals surface area contributed by atoms with Gasteiger partial charge in [0.2, 0.25) is 11.7 Å². The zero-order valence-corrected chi connectivity index (χ0v) is 22.1. The lowest BCUT2D eigenvalue weighted by Crippen LogP contribution is -2.52. The standard InChI is InChI=1S/C29H32FN3O6/c1-20(2)17-31-29(35)26(15-21-9-5-4-6-10-21)32(18-22-11-7-8-12-24(22)30)28(34)19-39-23-13-14-25(33(36)37)27(16-23)38-3/h4-14,16,20,26H,15,17-19H2,1-3H3,(H,31,35). The monoisotopic (exact) mass is 537 g/mol. The van der Waals surface area contributed by atoms with E-state index in [4.69, 9.17) is 9.47 Å². The topological polar surface area (TPSA) is 111 Å². The van der Waals surface area contributed by atoms with Crippen molar-refractivity contribution < 1.29 is 28.4 Å². The number of nitro groups is 1. The van der Waals surface area contributed by atoms with Crippen LogP contribution in [-0.4, -0.2) is 47.9 Å². The SMILES string of the molecule is COc1cc(OCC(=O)N(Cc2ccccc2F)C(Cc2ccccc2)C(=O)NCC(C)C)ccc1[N+](=O)[O-]. The number of halogens is 1. The summed E-state index contributed by atoms with van der Waals surface area (Å²) in [4.78, 5) is 38.9. The zero-order valence-electron chi connectivity index (χ0n) is 22.1. The molecule has 0 saturated heterocycles. The molecule has 3 rings (SSSR count). The largest absolute Gasteiger partial charge is 0.490 e. The predicted molar refractivity (Wildman–Crippen MR) is 144 cm³/mol. The van der Waals surface area contributed by atoms with Crippen molar-refractivity contribution >= 4 is 17.5 Å². The van der Waals surface area contributed by atoms with Crippen molar-refractivity contribution in [2.24, 2.45) is 5.92 Å². The summed E-state index contributed by atoms with van der Waals surface area (Å²) in [6, 6.07) is 18.2. The zero-order chi connectivity index (χ0) is 28.4. The second-order valence-corrected chi connectivity index (χ2v) is 9.34. The number of ether oxygens (including phenoxy) is 2. The first kappa shape index (κ1) is 29.1. The summed E-state index contributed by atoms with van der Waals surface area (Å²) >= 11 is 0. The van der Waals surface area contributed by atoms with Crippen LogP contribution in [0, 0.1) is 21.8 Å². The van der Waals surface area contributed by atoms with Crippen LogP contribution >= 0.6 is 0 Å². The predicted octanol–water partition coefficient (Wildman–Crippen LogP) is 4.53. The van der Waals surface area contributed by atoms with Crippen molar-refractivity contribution in [3.8, 4) is 11.5 Å². The molecule has 3 aromatic rings. The number of carbonyl (C=O) groups is 2. The van der Waals surface area contributed by atoms with Crippen LogP contribution in [0.1, 0.15) is 25.0 Å². The highest BCUT2D eigenvalue weighted by Crippen LogP contribution is 2.31. The molecular weight excluding hydrogens is 505 g/mol. The molecule has 0 heterocycles. The van der Waals surface area contributed by atoms with Crippen LogP contribution in [0.5, 0.6) is 11.5 Å². The Morgan fingerprint density at radius 3 is 2.38 bits per heavy atom. The number of hydrogen-bond acceptors (Lipinski definition) is 6. The summed E-state index contributed by atoms with van der Waals surface area (Å²) < 4.78 is 25.4. The van der Waals surface area contributed by atoms with Gasteiger partial charge in [0, 0.05) is 37.2 Å². The van der Waals surface area contributed by atoms with Crippen LogP contribution in [0.3, 0.4) is 0 Å². The molecule has 3 aromatic carbocycles. The van der Waals surface area contributed by atoms with Crippen molar-refractivity contribution in [2.75, 3.05) is 20.3 Å². The van der Waals surface area contributed by atoms with E-state index in [-0.39, 0.29) is 47.5 Å². The van der Waals surface area contributed by atoms with E-state index < -0.39 is 29.3 Å². The van der Waals surface area contributed by atoms with E-state index in [0.29, 0.717) is 6.54 Å². The van der Waals surface area contributed by atoms with Gasteiger partial charge in [0.15, 0.2) is 6.61 Å². The number of rotatable bonds is 13. The maximum absolute atomic E-state index is 14.7. The van der Waals surface area contributed by atoms with E-state index in [1.807, 2.05) is 44.2 Å². The van der Waals surface area contributed by atoms with Gasteiger partial charge in [-0.05, 0) is 23.6 Å². The summed E-state index contributed by atoms with van der Waals surface area (Å²) in [5.74, 6) is -1.10. The summed E-state index contributed by atoms with van der Waals surface area (Å²) in [5, 5.41) is 14.1. The van der Waals surface area contributed by atoms with Crippen LogP contribution in [0.4, 0.5) is 10.1 Å². The fourth-order valence-electron chi connectivity index (χ4n) is 3.91. The molecule has 0 radical (unpaired) electrons. The summed E-state index contributed by atoms with van der Waals surface area (Å²) in [6.07, 6.45) is 0.205. The van der Waals surface area contributed by atoms with E-state index in [2.05, 4.69) is 5.32 Å². The van der Waals surface area contributed by atoms with Crippen LogP contribution in [0.2, 0.25) is 0 Å². The normalized spacial score (nSPS) is 11.5. The van der Waals surface area contributed by atoms with Gasteiger partial charge in [-0.3, -0.25) is 19.7 Å². The summed E-state index contributed by atoms with van der Waals surface area (Å²) in [7, 11) is 1.29. The van der Waals surface area contributed by atoms with Crippen LogP contribution in [0.25, 0.3) is 0 Å². The lowest BCUT2D eigenvalue weighted by molar-refractivity contribution is -0.385. The van der Waals surface area contributed by atoms with Crippen molar-refractivity contribution in [1.82, 2.24) is 10.2 Å². The van der Waals surface area contributed by atoms with Crippen molar-refractivity contribution in [3.05, 3.63) is 99.9 Å². The van der Waals surface area contributed by atoms with Gasteiger partial charge in [-0.15, -0.1) is 0 Å². The lowest BCUT2D eigenvalue weighted by Gasteiger charge is -2.31. The molecule has 1 N–H and O–H groups in total. The van der Waals surface area contributed by atoms with Crippen LogP contribution in [-0.2, 0) is 22.6 Å². The van der Waals surface area contributed by atoms with Gasteiger partial charge in [0.05, 0.1) is 12.0 Å². The molecule has 0 saturated carbocycles. The average molecular weight is 538 g/mol. The van der Waals surface area contributed by atoms with Gasteiger partial charge in [0.1, 0.15) is 17.6 Å². The maximum atomic E-state index is 14.7. The first-order valence-electron chi connectivity index (χ1n) is 12.5. The average Bonchev–Trinajstić information content (AvgIpc) is 2.93. The minimum Gasteiger partial charge on any atom is -0.490 e. The molecule has 0 fully saturated rings. The number of nitrogens with one attached hydrogen (secondary N) is 1. The number of nitro benzene ring substituents is 1. The van der Waals surface area contributed by atoms with Crippen LogP contribution in [0.15, 0.2) is 72.8 Å². The Bertz CT molecular complexity index is 1290. The van der Waals surface area contributed by atoms with Gasteiger partial charge in [-0.25, -0.2) is 4.39 Å². The van der Waals surface area contributed by atoms with E-state index in [1.54, 1.807) is 18.2 Å². The third-order valence-corrected chi connectivity index (χ3v) is 5.96. The number of methoxy groups -OCH3 is 1. The quantitative estimate of drug-likeness (QED) is 0.253. The molecule has 0 spiro atoms. The highest BCUT2D eigenvalue weighted by Gasteiger charge is 2.31. The molecule has 39 heavy (non-hydrogen) atoms. The molecule has 0 aromatic heterocycles. The molecule has 0 aliphatic heterocycles. The third-order valence-electron chi connectivity index (χ3n) is 5.96. The Kier molecular flexibility index (Phi) is 10.4. The smallest absolute Gasteiger partial charge is 0.311 e. The van der Waals surface area contributed by atoms with Crippen LogP contribution < -0.4 is 14.8 Å². The Morgan fingerprint density at radius 1 is 1.05 bits per heavy atom. The lowest BCUT2D eigenvalue weighted by atomic mass is 10.0. The Labute approximate surface area is 226 Å². The van der Waals surface area contributed by atoms with Gasteiger partial charge < -0.3 is 19.7 Å². The summed E-state index contributed by atoms with van der Waals surface area (Å²) in [5.41, 5.74) is 0.828. The molecule has 2 amide bonds. The molecule has 0 aliphatic carbocycles. The van der Waals surface area contributed by atoms with E-state index in [0.717, 1.165) is 5.56 Å². The Hall–Kier alpha value is -4.47. The van der Waals surface area contributed by atoms with Gasteiger partial charge in [-0.2, -0.15) is 0 Å². The van der Waals surface area contributed by atoms with E-state index in [9.17, 15) is 24.1 Å². The second-order valence-electron chi connectivity index (χ2n) is 9.34. The highest BCUT2D eigenvalue weighted by atomic mass is 19.1. The molecule has 1 unspecified atom stereocenters. The second kappa shape index (κ2) is 13.9. The van der Waals surface area contributed by atoms with Crippen molar-refractivity contribution in [2.45, 2.75) is 32.9 Å². The van der Waals surface area contributed by atoms with Crippen molar-refractivity contribution in [3.63, 3.8) is 0 Å². The number of carbonyl (C=O) groups excluding carboxylic acids is 2. The van der Waals surface area contributed by atoms with Crippen molar-refractivity contribution in [1.29, 1.82) is 0 Å². The maximum Gasteiger partial charge on any atom is 0.311 e. The minimum atomic E-state index is -0.951. The molecule has 0 bridgehead atoms. The fraction of sp³-hybridized carbons (Fsp3) is 0.310. The number of nitrogens with zero attached hydrogens (tertiary/aromatic N) is 2. The van der Waals surface area contributed by atoms with Gasteiger partial charge >= 0.3 is 5.69 Å². The number of amides is 2. The summed E-state index contributed by atoms with van der Waals surface area (Å²) in [6.45, 7) is 3.68. The molecule has 1 atom stereocenters. The molecule has 0 aliphatic rings. The molecule has 9 nitrogen and oxygen atoms in total. The number of benzene rings is 3. The highest BCUT2D eigenvalue weighted by molar-refractivity contribution is 5.88. The van der Waals surface area contributed by atoms with E-state index in [1.165, 1.54) is 36.3 Å². The number of hydrogen-bond donors (Lipinski definition) is 1. The van der Waals surface area contributed by atoms with E-state index >= 15 is 0 Å². The Morgan fingerprint density at radius 2 is 1.74 bits per heavy atom. The molecule has 10 heteroatoms. The minimum absolute atomic E-state index is 0.0248. The first-order chi connectivity index (χ1) is 18.7. The Balaban J connectivity index is 1.92. The fourth-order valence-corrected chi connectivity index (χ4v) is 3.91. The molecule has 206 valence electrons. The van der Waals surface area contributed by atoms with Gasteiger partial charge in [-0.1, -0.05) is 62.4 Å². The first-order valence-corrected chi connectivity index (χ1v) is 12.5. The third kappa shape index (κ3) is 8.26.